The Morgan fingerprint density at radius 3 is 2.60 bits per heavy atom. The Morgan fingerprint density at radius 1 is 1.12 bits per heavy atom. The molecule has 0 unspecified atom stereocenters. The molecule has 1 N–H and O–H groups in total. The lowest BCUT2D eigenvalue weighted by Gasteiger charge is -2.37. The molecule has 0 aliphatic carbocycles. The molecule has 2 bridgehead atoms. The van der Waals surface area contributed by atoms with Gasteiger partial charge in [-0.15, -0.1) is 18.3 Å². The van der Waals surface area contributed by atoms with Crippen LogP contribution in [0.5, 0.6) is 0 Å². The topological polar surface area (TPSA) is 147 Å². The van der Waals surface area contributed by atoms with Crippen LogP contribution in [-0.4, -0.2) is 109 Å². The third-order valence-corrected chi connectivity index (χ3v) is 10.9. The van der Waals surface area contributed by atoms with Gasteiger partial charge in [0, 0.05) is 33.2 Å². The van der Waals surface area contributed by atoms with Crippen LogP contribution < -0.4 is 0 Å². The maximum atomic E-state index is 14.8. The lowest BCUT2D eigenvalue weighted by atomic mass is 9.70. The van der Waals surface area contributed by atoms with E-state index in [1.54, 1.807) is 38.6 Å². The Morgan fingerprint density at radius 2 is 1.87 bits per heavy atom. The minimum absolute atomic E-state index is 0.0612. The van der Waals surface area contributed by atoms with E-state index in [1.165, 1.54) is 0 Å². The van der Waals surface area contributed by atoms with Crippen LogP contribution in [0.3, 0.4) is 0 Å². The number of rotatable bonds is 17. The molecule has 2 aromatic carbocycles. The summed E-state index contributed by atoms with van der Waals surface area (Å²) in [6.07, 6.45) is 4.44. The molecule has 13 nitrogen and oxygen atoms in total. The molecule has 3 fully saturated rings. The van der Waals surface area contributed by atoms with Gasteiger partial charge < -0.3 is 29.3 Å². The SMILES string of the molecule is C=CCCC(=O)N(C)[C@H](C)[C@H](OC(=O)[C@@H]1[C@@H]2CC[C@]3(O2)[C@H](C(=O)N(CC=C)Cn2nnc4ccccc42)N(CCCCO)C(=O)[C@@H]13)c1ccccc1. The van der Waals surface area contributed by atoms with Gasteiger partial charge in [-0.1, -0.05) is 59.8 Å². The number of hydrogen-bond acceptors (Lipinski definition) is 9. The lowest BCUT2D eigenvalue weighted by molar-refractivity contribution is -0.164. The van der Waals surface area contributed by atoms with E-state index in [2.05, 4.69) is 23.5 Å². The van der Waals surface area contributed by atoms with Gasteiger partial charge in [-0.3, -0.25) is 19.2 Å². The molecule has 0 saturated carbocycles. The number of ether oxygens (including phenoxy) is 2. The van der Waals surface area contributed by atoms with E-state index < -0.39 is 47.7 Å². The molecule has 3 saturated heterocycles. The Labute approximate surface area is 303 Å². The van der Waals surface area contributed by atoms with Gasteiger partial charge in [-0.2, -0.15) is 0 Å². The van der Waals surface area contributed by atoms with Crippen molar-refractivity contribution >= 4 is 34.7 Å². The number of likely N-dealkylation sites (N-methyl/N-ethyl adjacent to an activating group) is 1. The lowest BCUT2D eigenvalue weighted by Crippen LogP contribution is -2.56. The van der Waals surface area contributed by atoms with E-state index in [1.807, 2.05) is 61.5 Å². The van der Waals surface area contributed by atoms with E-state index in [4.69, 9.17) is 9.47 Å². The molecule has 3 aliphatic rings. The van der Waals surface area contributed by atoms with Crippen LogP contribution in [-0.2, 0) is 35.3 Å². The first-order valence-corrected chi connectivity index (χ1v) is 18.1. The van der Waals surface area contributed by atoms with Crippen molar-refractivity contribution < 1.29 is 33.8 Å². The van der Waals surface area contributed by atoms with Gasteiger partial charge in [0.05, 0.1) is 29.5 Å². The first kappa shape index (κ1) is 36.9. The van der Waals surface area contributed by atoms with E-state index in [0.717, 1.165) is 5.52 Å². The number of esters is 1. The number of aliphatic hydroxyl groups is 1. The molecule has 1 spiro atoms. The van der Waals surface area contributed by atoms with Crippen LogP contribution in [0.2, 0.25) is 0 Å². The van der Waals surface area contributed by atoms with Gasteiger partial charge in [-0.25, -0.2) is 4.68 Å². The number of para-hydroxylation sites is 1. The highest BCUT2D eigenvalue weighted by atomic mass is 16.6. The average Bonchev–Trinajstić information content (AvgIpc) is 3.91. The summed E-state index contributed by atoms with van der Waals surface area (Å²) in [5, 5.41) is 18.1. The molecular formula is C39H48N6O7. The molecule has 6 rings (SSSR count). The van der Waals surface area contributed by atoms with Crippen molar-refractivity contribution in [3.63, 3.8) is 0 Å². The fourth-order valence-corrected chi connectivity index (χ4v) is 8.19. The van der Waals surface area contributed by atoms with Crippen LogP contribution in [0.1, 0.15) is 57.1 Å². The summed E-state index contributed by atoms with van der Waals surface area (Å²) in [4.78, 5) is 61.5. The zero-order valence-corrected chi connectivity index (χ0v) is 29.9. The maximum absolute atomic E-state index is 14.8. The van der Waals surface area contributed by atoms with E-state index >= 15 is 0 Å². The Kier molecular flexibility index (Phi) is 11.2. The summed E-state index contributed by atoms with van der Waals surface area (Å²) >= 11 is 0. The predicted molar refractivity (Wildman–Crippen MR) is 192 cm³/mol. The number of aliphatic hydroxyl groups excluding tert-OH is 1. The number of benzene rings is 2. The summed E-state index contributed by atoms with van der Waals surface area (Å²) in [6.45, 7) is 9.81. The molecule has 4 heterocycles. The Bertz CT molecular complexity index is 1800. The van der Waals surface area contributed by atoms with Gasteiger partial charge in [0.2, 0.25) is 17.7 Å². The van der Waals surface area contributed by atoms with Gasteiger partial charge in [0.1, 0.15) is 29.9 Å². The van der Waals surface area contributed by atoms with Crippen LogP contribution >= 0.6 is 0 Å². The van der Waals surface area contributed by atoms with Crippen LogP contribution in [0.15, 0.2) is 79.9 Å². The van der Waals surface area contributed by atoms with Crippen LogP contribution in [0.25, 0.3) is 11.0 Å². The van der Waals surface area contributed by atoms with Crippen molar-refractivity contribution in [2.45, 2.75) is 82.0 Å². The second-order valence-corrected chi connectivity index (χ2v) is 13.9. The normalized spacial score (nSPS) is 24.4. The van der Waals surface area contributed by atoms with Crippen molar-refractivity contribution in [2.75, 3.05) is 26.7 Å². The summed E-state index contributed by atoms with van der Waals surface area (Å²) in [5.41, 5.74) is 0.890. The second kappa shape index (κ2) is 15.8. The third kappa shape index (κ3) is 6.74. The molecule has 1 aromatic heterocycles. The summed E-state index contributed by atoms with van der Waals surface area (Å²) in [6, 6.07) is 15.1. The number of carbonyl (C=O) groups excluding carboxylic acids is 4. The molecule has 3 aromatic rings. The number of amides is 3. The number of likely N-dealkylation sites (tertiary alicyclic amines) is 1. The monoisotopic (exact) mass is 712 g/mol. The van der Waals surface area contributed by atoms with E-state index in [-0.39, 0.29) is 50.5 Å². The Hall–Kier alpha value is -4.88. The molecule has 7 atom stereocenters. The number of unbranched alkanes of at least 4 members (excludes halogenated alkanes) is 1. The maximum Gasteiger partial charge on any atom is 0.313 e. The van der Waals surface area contributed by atoms with Gasteiger partial charge in [-0.05, 0) is 56.7 Å². The highest BCUT2D eigenvalue weighted by molar-refractivity contribution is 5.98. The number of aromatic nitrogens is 3. The van der Waals surface area contributed by atoms with Crippen molar-refractivity contribution in [2.24, 2.45) is 11.8 Å². The van der Waals surface area contributed by atoms with E-state index in [9.17, 15) is 24.3 Å². The quantitative estimate of drug-likeness (QED) is 0.126. The smallest absolute Gasteiger partial charge is 0.313 e. The minimum Gasteiger partial charge on any atom is -0.455 e. The first-order chi connectivity index (χ1) is 25.2. The van der Waals surface area contributed by atoms with Crippen molar-refractivity contribution in [1.29, 1.82) is 0 Å². The molecule has 3 amide bonds. The molecule has 13 heteroatoms. The standard InChI is InChI=1S/C39H48N6O7/c1-5-7-19-31(47)42(4)26(3)34(27-15-9-8-10-16-27)51-38(50)32-30-20-21-39(52-30)33(32)36(48)44(23-13-14-24-46)35(39)37(49)43(22-6-2)25-45-29-18-12-11-17-28(29)40-41-45/h5-6,8-12,15-18,26,30,32-35,46H,1-2,7,13-14,19-25H2,3-4H3/t26-,30+,32-,33-,34+,35+,39-/m1/s1. The molecule has 3 aliphatic heterocycles. The number of allylic oxidation sites excluding steroid dienone is 1. The molecular weight excluding hydrogens is 664 g/mol. The van der Waals surface area contributed by atoms with Gasteiger partial charge in [0.15, 0.2) is 0 Å². The summed E-state index contributed by atoms with van der Waals surface area (Å²) < 4.78 is 14.6. The zero-order chi connectivity index (χ0) is 37.0. The van der Waals surface area contributed by atoms with E-state index in [0.29, 0.717) is 43.2 Å². The van der Waals surface area contributed by atoms with Gasteiger partial charge >= 0.3 is 5.97 Å². The fraction of sp³-hybridized carbons (Fsp3) is 0.487. The first-order valence-electron chi connectivity index (χ1n) is 18.1. The second-order valence-electron chi connectivity index (χ2n) is 13.9. The molecule has 52 heavy (non-hydrogen) atoms. The average molecular weight is 713 g/mol. The van der Waals surface area contributed by atoms with Crippen molar-refractivity contribution in [3.05, 3.63) is 85.5 Å². The van der Waals surface area contributed by atoms with Crippen LogP contribution in [0.4, 0.5) is 0 Å². The zero-order valence-electron chi connectivity index (χ0n) is 29.9. The van der Waals surface area contributed by atoms with Crippen molar-refractivity contribution in [3.8, 4) is 0 Å². The Balaban J connectivity index is 1.31. The molecule has 276 valence electrons. The number of carbonyl (C=O) groups is 4. The summed E-state index contributed by atoms with van der Waals surface area (Å²) in [5.74, 6) is -3.29. The van der Waals surface area contributed by atoms with Gasteiger partial charge in [0.25, 0.3) is 0 Å². The van der Waals surface area contributed by atoms with Crippen LogP contribution in [0, 0.1) is 11.8 Å². The largest absolute Gasteiger partial charge is 0.455 e. The number of nitrogens with zero attached hydrogens (tertiary/aromatic N) is 6. The summed E-state index contributed by atoms with van der Waals surface area (Å²) in [7, 11) is 1.69. The predicted octanol–water partition coefficient (Wildman–Crippen LogP) is 3.65. The van der Waals surface area contributed by atoms with Crippen molar-refractivity contribution in [1.82, 2.24) is 29.7 Å². The fourth-order valence-electron chi connectivity index (χ4n) is 8.19. The highest BCUT2D eigenvalue weighted by Crippen LogP contribution is 2.59. The highest BCUT2D eigenvalue weighted by Gasteiger charge is 2.75. The minimum atomic E-state index is -1.25. The third-order valence-electron chi connectivity index (χ3n) is 10.9. The molecule has 0 radical (unpaired) electrons. The number of fused-ring (bicyclic) bond motifs is 2. The number of hydrogen-bond donors (Lipinski definition) is 1.